The van der Waals surface area contributed by atoms with Crippen molar-refractivity contribution < 1.29 is 22.7 Å². The number of hydrogen-bond donors (Lipinski definition) is 2. The van der Waals surface area contributed by atoms with Gasteiger partial charge in [-0.3, -0.25) is 9.59 Å². The molecule has 0 heterocycles. The maximum atomic E-state index is 12.4. The number of sulfonamides is 1. The SMILES string of the molecule is CSCC[C@@H](NS(=O)(=O)c1ccccc1)C(=O)OCC(=O)NC(C)C. The van der Waals surface area contributed by atoms with Gasteiger partial charge in [0.05, 0.1) is 4.90 Å². The van der Waals surface area contributed by atoms with Gasteiger partial charge in [-0.05, 0) is 44.4 Å². The number of esters is 1. The highest BCUT2D eigenvalue weighted by Crippen LogP contribution is 2.11. The van der Waals surface area contributed by atoms with Gasteiger partial charge < -0.3 is 10.1 Å². The summed E-state index contributed by atoms with van der Waals surface area (Å²) < 4.78 is 32.1. The summed E-state index contributed by atoms with van der Waals surface area (Å²) in [6.07, 6.45) is 2.11. The Morgan fingerprint density at radius 1 is 1.20 bits per heavy atom. The Kier molecular flexibility index (Phi) is 8.95. The van der Waals surface area contributed by atoms with Crippen molar-refractivity contribution in [2.24, 2.45) is 0 Å². The summed E-state index contributed by atoms with van der Waals surface area (Å²) in [5.41, 5.74) is 0. The average molecular weight is 389 g/mol. The molecule has 1 aromatic rings. The van der Waals surface area contributed by atoms with E-state index in [0.717, 1.165) is 0 Å². The van der Waals surface area contributed by atoms with Crippen LogP contribution in [0.25, 0.3) is 0 Å². The fraction of sp³-hybridized carbons (Fsp3) is 0.500. The van der Waals surface area contributed by atoms with Crippen molar-refractivity contribution in [3.05, 3.63) is 30.3 Å². The zero-order valence-electron chi connectivity index (χ0n) is 14.5. The minimum atomic E-state index is -3.85. The molecule has 1 atom stereocenters. The number of nitrogens with one attached hydrogen (secondary N) is 2. The summed E-state index contributed by atoms with van der Waals surface area (Å²) in [6.45, 7) is 3.13. The maximum absolute atomic E-state index is 12.4. The molecular weight excluding hydrogens is 364 g/mol. The molecule has 0 saturated carbocycles. The molecule has 0 aromatic heterocycles. The first-order valence-electron chi connectivity index (χ1n) is 7.78. The van der Waals surface area contributed by atoms with E-state index in [2.05, 4.69) is 10.0 Å². The molecule has 1 aromatic carbocycles. The van der Waals surface area contributed by atoms with Crippen molar-refractivity contribution in [3.63, 3.8) is 0 Å². The zero-order chi connectivity index (χ0) is 18.9. The quantitative estimate of drug-likeness (QED) is 0.583. The van der Waals surface area contributed by atoms with Crippen LogP contribution in [0.5, 0.6) is 0 Å². The van der Waals surface area contributed by atoms with E-state index in [1.165, 1.54) is 23.9 Å². The van der Waals surface area contributed by atoms with Gasteiger partial charge in [-0.25, -0.2) is 8.42 Å². The highest BCUT2D eigenvalue weighted by molar-refractivity contribution is 7.98. The third-order valence-corrected chi connectivity index (χ3v) is 5.17. The Bertz CT molecular complexity index is 662. The normalized spacial score (nSPS) is 12.6. The average Bonchev–Trinajstić information content (AvgIpc) is 2.56. The van der Waals surface area contributed by atoms with Crippen molar-refractivity contribution in [1.82, 2.24) is 10.0 Å². The van der Waals surface area contributed by atoms with E-state index >= 15 is 0 Å². The second kappa shape index (κ2) is 10.4. The van der Waals surface area contributed by atoms with Gasteiger partial charge >= 0.3 is 5.97 Å². The van der Waals surface area contributed by atoms with Crippen LogP contribution in [0.1, 0.15) is 20.3 Å². The molecule has 7 nitrogen and oxygen atoms in total. The molecule has 0 aliphatic carbocycles. The first-order chi connectivity index (χ1) is 11.8. The summed E-state index contributed by atoms with van der Waals surface area (Å²) in [4.78, 5) is 23.8. The predicted molar refractivity (Wildman–Crippen MR) is 97.8 cm³/mol. The first-order valence-corrected chi connectivity index (χ1v) is 10.7. The molecule has 1 rings (SSSR count). The monoisotopic (exact) mass is 388 g/mol. The molecule has 9 heteroatoms. The molecule has 1 amide bonds. The van der Waals surface area contributed by atoms with Crippen LogP contribution >= 0.6 is 11.8 Å². The van der Waals surface area contributed by atoms with E-state index in [0.29, 0.717) is 5.75 Å². The summed E-state index contributed by atoms with van der Waals surface area (Å²) in [5, 5.41) is 2.60. The topological polar surface area (TPSA) is 102 Å². The molecule has 0 aliphatic heterocycles. The van der Waals surface area contributed by atoms with E-state index in [9.17, 15) is 18.0 Å². The lowest BCUT2D eigenvalue weighted by Crippen LogP contribution is -2.43. The van der Waals surface area contributed by atoms with Crippen molar-refractivity contribution in [2.75, 3.05) is 18.6 Å². The standard InChI is InChI=1S/C16H24N2O5S2/c1-12(2)17-15(19)11-23-16(20)14(9-10-24-3)18-25(21,22)13-7-5-4-6-8-13/h4-8,12,14,18H,9-11H2,1-3H3,(H,17,19)/t14-/m1/s1. The smallest absolute Gasteiger partial charge is 0.324 e. The van der Waals surface area contributed by atoms with E-state index in [1.54, 1.807) is 32.0 Å². The van der Waals surface area contributed by atoms with Gasteiger partial charge in [0.1, 0.15) is 6.04 Å². The van der Waals surface area contributed by atoms with Crippen molar-refractivity contribution in [1.29, 1.82) is 0 Å². The van der Waals surface area contributed by atoms with E-state index in [1.807, 2.05) is 6.26 Å². The molecule has 140 valence electrons. The van der Waals surface area contributed by atoms with Crippen LogP contribution < -0.4 is 10.0 Å². The molecule has 0 spiro atoms. The van der Waals surface area contributed by atoms with Crippen molar-refractivity contribution in [2.45, 2.75) is 37.2 Å². The van der Waals surface area contributed by atoms with Gasteiger partial charge in [-0.2, -0.15) is 16.5 Å². The maximum Gasteiger partial charge on any atom is 0.324 e. The molecule has 0 aliphatic rings. The molecule has 2 N–H and O–H groups in total. The largest absolute Gasteiger partial charge is 0.454 e. The number of ether oxygens (including phenoxy) is 1. The highest BCUT2D eigenvalue weighted by Gasteiger charge is 2.27. The lowest BCUT2D eigenvalue weighted by Gasteiger charge is -2.17. The number of hydrogen-bond acceptors (Lipinski definition) is 6. The molecule has 0 radical (unpaired) electrons. The van der Waals surface area contributed by atoms with Crippen molar-refractivity contribution in [3.8, 4) is 0 Å². The Labute approximate surface area is 153 Å². The van der Waals surface area contributed by atoms with Crippen LogP contribution in [0, 0.1) is 0 Å². The number of carbonyl (C=O) groups is 2. The Balaban J connectivity index is 2.76. The summed E-state index contributed by atoms with van der Waals surface area (Å²) in [6, 6.07) is 6.65. The zero-order valence-corrected chi connectivity index (χ0v) is 16.2. The number of amides is 1. The second-order valence-electron chi connectivity index (χ2n) is 5.60. The van der Waals surface area contributed by atoms with Crippen LogP contribution in [-0.4, -0.2) is 51.0 Å². The second-order valence-corrected chi connectivity index (χ2v) is 8.30. The highest BCUT2D eigenvalue weighted by atomic mass is 32.2. The number of thioether (sulfide) groups is 1. The third-order valence-electron chi connectivity index (χ3n) is 3.04. The van der Waals surface area contributed by atoms with Gasteiger partial charge in [0.25, 0.3) is 5.91 Å². The number of benzene rings is 1. The Morgan fingerprint density at radius 2 is 1.84 bits per heavy atom. The number of carbonyl (C=O) groups excluding carboxylic acids is 2. The van der Waals surface area contributed by atoms with Crippen molar-refractivity contribution >= 4 is 33.7 Å². The van der Waals surface area contributed by atoms with Crippen LogP contribution in [0.2, 0.25) is 0 Å². The summed E-state index contributed by atoms with van der Waals surface area (Å²) in [5.74, 6) is -0.639. The molecular formula is C16H24N2O5S2. The van der Waals surface area contributed by atoms with Gasteiger partial charge in [0, 0.05) is 6.04 Å². The van der Waals surface area contributed by atoms with Gasteiger partial charge in [0.2, 0.25) is 10.0 Å². The third kappa shape index (κ3) is 7.89. The van der Waals surface area contributed by atoms with Gasteiger partial charge in [-0.15, -0.1) is 0 Å². The van der Waals surface area contributed by atoms with Crippen LogP contribution in [-0.2, 0) is 24.3 Å². The van der Waals surface area contributed by atoms with Gasteiger partial charge in [-0.1, -0.05) is 18.2 Å². The lowest BCUT2D eigenvalue weighted by molar-refractivity contribution is -0.150. The molecule has 0 bridgehead atoms. The minimum Gasteiger partial charge on any atom is -0.454 e. The fourth-order valence-corrected chi connectivity index (χ4v) is 3.63. The predicted octanol–water partition coefficient (Wildman–Crippen LogP) is 1.15. The minimum absolute atomic E-state index is 0.0644. The first kappa shape index (κ1) is 21.5. The Morgan fingerprint density at radius 3 is 2.40 bits per heavy atom. The van der Waals surface area contributed by atoms with Crippen LogP contribution in [0.15, 0.2) is 35.2 Å². The summed E-state index contributed by atoms with van der Waals surface area (Å²) in [7, 11) is -3.85. The fourth-order valence-electron chi connectivity index (χ4n) is 1.92. The van der Waals surface area contributed by atoms with E-state index < -0.39 is 34.5 Å². The van der Waals surface area contributed by atoms with Crippen LogP contribution in [0.4, 0.5) is 0 Å². The van der Waals surface area contributed by atoms with E-state index in [4.69, 9.17) is 4.74 Å². The molecule has 0 unspecified atom stereocenters. The summed E-state index contributed by atoms with van der Waals surface area (Å²) >= 11 is 1.48. The Hall–Kier alpha value is -1.58. The lowest BCUT2D eigenvalue weighted by atomic mass is 10.2. The molecule has 0 saturated heterocycles. The van der Waals surface area contributed by atoms with Crippen LogP contribution in [0.3, 0.4) is 0 Å². The molecule has 0 fully saturated rings. The number of rotatable bonds is 10. The van der Waals surface area contributed by atoms with E-state index in [-0.39, 0.29) is 17.4 Å². The molecule has 25 heavy (non-hydrogen) atoms. The van der Waals surface area contributed by atoms with Gasteiger partial charge in [0.15, 0.2) is 6.61 Å².